The Morgan fingerprint density at radius 1 is 1.40 bits per heavy atom. The van der Waals surface area contributed by atoms with Gasteiger partial charge in [0.1, 0.15) is 0 Å². The minimum atomic E-state index is -1.79. The Kier molecular flexibility index (Phi) is 7.56. The number of carboxylic acid groups (broad SMARTS) is 2. The van der Waals surface area contributed by atoms with Gasteiger partial charge in [0.25, 0.3) is 0 Å². The largest absolute Gasteiger partial charge is 1.00 e. The van der Waals surface area contributed by atoms with E-state index in [0.29, 0.717) is 0 Å². The Hall–Kier alpha value is 0.160. The summed E-state index contributed by atoms with van der Waals surface area (Å²) in [4.78, 5) is 19.4. The summed E-state index contributed by atoms with van der Waals surface area (Å²) in [6, 6.07) is 0. The molecule has 0 rings (SSSR count). The second kappa shape index (κ2) is 5.91. The molecule has 0 saturated heterocycles. The number of rotatable bonds is 3. The van der Waals surface area contributed by atoms with Crippen LogP contribution in [0.3, 0.4) is 0 Å². The number of hydrogen-bond donors (Lipinski definition) is 3. The zero-order chi connectivity index (χ0) is 7.44. The third kappa shape index (κ3) is 6.28. The van der Waals surface area contributed by atoms with E-state index in [9.17, 15) is 9.59 Å². The van der Waals surface area contributed by atoms with Crippen molar-refractivity contribution in [1.82, 2.24) is 0 Å². The molecule has 0 radical (unpaired) electrons. The zero-order valence-electron chi connectivity index (χ0n) is 6.44. The maximum absolute atomic E-state index is 9.72. The van der Waals surface area contributed by atoms with Gasteiger partial charge in [-0.3, -0.25) is 4.79 Å². The first-order valence-corrected chi connectivity index (χ1v) is 2.16. The number of carbonyl (C=O) groups is 2. The summed E-state index contributed by atoms with van der Waals surface area (Å²) in [7, 11) is 0. The van der Waals surface area contributed by atoms with Crippen molar-refractivity contribution in [1.29, 1.82) is 0 Å². The molecule has 0 saturated carbocycles. The van der Waals surface area contributed by atoms with Crippen molar-refractivity contribution in [2.24, 2.45) is 0 Å². The number of aliphatic carboxylic acids is 2. The standard InChI is InChI=1S/C4H6O5.Ca.2H/c5-2(4(8)9)1-3(6)7;;;/h2,5H,1H2,(H,6,7)(H,8,9);;;/p+2. The van der Waals surface area contributed by atoms with E-state index in [4.69, 9.17) is 15.3 Å². The van der Waals surface area contributed by atoms with E-state index in [1.807, 2.05) is 0 Å². The van der Waals surface area contributed by atoms with E-state index in [2.05, 4.69) is 0 Å². The molecule has 0 bridgehead atoms. The molecule has 6 heteroatoms. The van der Waals surface area contributed by atoms with E-state index >= 15 is 0 Å². The van der Waals surface area contributed by atoms with Gasteiger partial charge in [-0.05, 0) is 0 Å². The minimum Gasteiger partial charge on any atom is 1.00 e. The fourth-order valence-corrected chi connectivity index (χ4v) is 0.253. The smallest absolute Gasteiger partial charge is 1.00 e. The Labute approximate surface area is 89.6 Å². The van der Waals surface area contributed by atoms with Crippen molar-refractivity contribution < 1.29 is 27.8 Å². The topological polar surface area (TPSA) is 94.8 Å². The molecule has 0 aromatic heterocycles. The number of hydrogen-bond acceptors (Lipinski definition) is 3. The molecule has 0 aromatic carbocycles. The maximum atomic E-state index is 9.72. The van der Waals surface area contributed by atoms with Crippen LogP contribution in [-0.2, 0) is 9.59 Å². The second-order valence-corrected chi connectivity index (χ2v) is 1.45. The third-order valence-corrected chi connectivity index (χ3v) is 0.653. The van der Waals surface area contributed by atoms with Gasteiger partial charge in [-0.2, -0.15) is 0 Å². The molecule has 1 atom stereocenters. The summed E-state index contributed by atoms with van der Waals surface area (Å²) >= 11 is 0. The summed E-state index contributed by atoms with van der Waals surface area (Å²) in [6.45, 7) is 0. The van der Waals surface area contributed by atoms with E-state index in [1.165, 1.54) is 0 Å². The maximum Gasteiger partial charge on any atom is 1.00 e. The van der Waals surface area contributed by atoms with Gasteiger partial charge in [0.15, 0.2) is 6.10 Å². The molecule has 0 aliphatic carbocycles. The van der Waals surface area contributed by atoms with Crippen molar-refractivity contribution in [3.8, 4) is 0 Å². The summed E-state index contributed by atoms with van der Waals surface area (Å²) in [6.07, 6.45) is -2.54. The number of aliphatic hydroxyl groups excluding tert-OH is 1. The molecule has 0 spiro atoms. The molecular formula is C4H10CaO5+2. The van der Waals surface area contributed by atoms with Crippen molar-refractivity contribution in [3.63, 3.8) is 0 Å². The van der Waals surface area contributed by atoms with Gasteiger partial charge in [0, 0.05) is 0 Å². The quantitative estimate of drug-likeness (QED) is 0.444. The molecule has 10 heavy (non-hydrogen) atoms. The molecule has 0 amide bonds. The number of carboxylic acids is 2. The number of aliphatic hydroxyl groups is 1. The van der Waals surface area contributed by atoms with Gasteiger partial charge in [0.05, 0.1) is 6.42 Å². The van der Waals surface area contributed by atoms with Gasteiger partial charge in [-0.25, -0.2) is 4.79 Å². The first-order chi connectivity index (χ1) is 4.04. The van der Waals surface area contributed by atoms with Crippen LogP contribution in [0.1, 0.15) is 9.27 Å². The molecule has 5 nitrogen and oxygen atoms in total. The third-order valence-electron chi connectivity index (χ3n) is 0.653. The predicted octanol–water partition coefficient (Wildman–Crippen LogP) is -1.78. The average Bonchev–Trinajstić information content (AvgIpc) is 1.63. The van der Waals surface area contributed by atoms with Crippen molar-refractivity contribution in [2.45, 2.75) is 12.5 Å². The first kappa shape index (κ1) is 12.8. The van der Waals surface area contributed by atoms with Gasteiger partial charge in [0.2, 0.25) is 0 Å². The van der Waals surface area contributed by atoms with Crippen LogP contribution in [0.2, 0.25) is 0 Å². The van der Waals surface area contributed by atoms with Gasteiger partial charge >= 0.3 is 52.5 Å². The molecule has 3 N–H and O–H groups in total. The molecule has 0 heterocycles. The van der Waals surface area contributed by atoms with Crippen LogP contribution in [-0.4, -0.2) is 71.1 Å². The zero-order valence-corrected chi connectivity index (χ0v) is 4.44. The molecule has 0 aliphatic rings. The Morgan fingerprint density at radius 3 is 1.90 bits per heavy atom. The Morgan fingerprint density at radius 2 is 1.80 bits per heavy atom. The molecular weight excluding hydrogens is 168 g/mol. The van der Waals surface area contributed by atoms with Gasteiger partial charge < -0.3 is 15.3 Å². The first-order valence-electron chi connectivity index (χ1n) is 2.16. The van der Waals surface area contributed by atoms with Crippen LogP contribution in [0.15, 0.2) is 0 Å². The van der Waals surface area contributed by atoms with E-state index in [0.717, 1.165) is 0 Å². The Bertz CT molecular complexity index is 141. The molecule has 56 valence electrons. The van der Waals surface area contributed by atoms with Gasteiger partial charge in [-0.1, -0.05) is 0 Å². The van der Waals surface area contributed by atoms with Crippen molar-refractivity contribution >= 4 is 49.7 Å². The van der Waals surface area contributed by atoms with E-state index in [-0.39, 0.29) is 40.6 Å². The predicted molar refractivity (Wildman–Crippen MR) is 36.7 cm³/mol. The Balaban J connectivity index is -0.000000107. The van der Waals surface area contributed by atoms with Crippen LogP contribution in [0.25, 0.3) is 0 Å². The molecule has 1 unspecified atom stereocenters. The van der Waals surface area contributed by atoms with Crippen LogP contribution >= 0.6 is 0 Å². The fraction of sp³-hybridized carbons (Fsp3) is 0.500. The van der Waals surface area contributed by atoms with Crippen LogP contribution in [0, 0.1) is 0 Å². The summed E-state index contributed by atoms with van der Waals surface area (Å²) in [5.41, 5.74) is 0. The molecule has 0 aliphatic heterocycles. The van der Waals surface area contributed by atoms with E-state index in [1.54, 1.807) is 0 Å². The monoisotopic (exact) mass is 178 g/mol. The summed E-state index contributed by atoms with van der Waals surface area (Å²) in [5, 5.41) is 24.1. The van der Waals surface area contributed by atoms with Crippen LogP contribution in [0.5, 0.6) is 0 Å². The summed E-state index contributed by atoms with van der Waals surface area (Å²) < 4.78 is 0. The fourth-order valence-electron chi connectivity index (χ4n) is 0.253. The van der Waals surface area contributed by atoms with Crippen LogP contribution < -0.4 is 0 Å². The second-order valence-electron chi connectivity index (χ2n) is 1.45. The SMILES string of the molecule is O=C(O)CC(O)C(=O)O.[CaH2].[H+].[H+]. The van der Waals surface area contributed by atoms with Crippen LogP contribution in [0.4, 0.5) is 0 Å². The van der Waals surface area contributed by atoms with Crippen molar-refractivity contribution in [3.05, 3.63) is 0 Å². The minimum absolute atomic E-state index is 0. The van der Waals surface area contributed by atoms with E-state index < -0.39 is 24.5 Å². The normalized spacial score (nSPS) is 11.3. The van der Waals surface area contributed by atoms with Crippen molar-refractivity contribution in [2.75, 3.05) is 0 Å². The average molecular weight is 178 g/mol. The summed E-state index contributed by atoms with van der Waals surface area (Å²) in [5.74, 6) is -2.85. The molecule has 0 fully saturated rings. The van der Waals surface area contributed by atoms with Gasteiger partial charge in [-0.15, -0.1) is 0 Å². The molecule has 0 aromatic rings.